The van der Waals surface area contributed by atoms with Crippen LogP contribution in [0.1, 0.15) is 16.1 Å². The van der Waals surface area contributed by atoms with Gasteiger partial charge in [0.2, 0.25) is 0 Å². The molecule has 198 valence electrons. The maximum absolute atomic E-state index is 12.2. The number of anilines is 1. The summed E-state index contributed by atoms with van der Waals surface area (Å²) < 4.78 is 57.6. The van der Waals surface area contributed by atoms with Gasteiger partial charge in [-0.05, 0) is 35.9 Å². The predicted molar refractivity (Wildman–Crippen MR) is 138 cm³/mol. The highest BCUT2D eigenvalue weighted by molar-refractivity contribution is 7.85. The van der Waals surface area contributed by atoms with Crippen LogP contribution in [0.5, 0.6) is 5.75 Å². The Morgan fingerprint density at radius 1 is 1.11 bits per heavy atom. The minimum absolute atomic E-state index is 0.0258. The Bertz CT molecular complexity index is 1410. The van der Waals surface area contributed by atoms with Crippen molar-refractivity contribution in [1.29, 1.82) is 0 Å². The Labute approximate surface area is 213 Å². The predicted octanol–water partition coefficient (Wildman–Crippen LogP) is 1.66. The number of guanidine groups is 1. The van der Waals surface area contributed by atoms with Crippen LogP contribution in [0.3, 0.4) is 0 Å². The van der Waals surface area contributed by atoms with E-state index in [1.807, 2.05) is 24.3 Å². The molecule has 0 bridgehead atoms. The van der Waals surface area contributed by atoms with Crippen molar-refractivity contribution < 1.29 is 35.5 Å². The molecule has 0 radical (unpaired) electrons. The van der Waals surface area contributed by atoms with Gasteiger partial charge in [-0.15, -0.1) is 0 Å². The summed E-state index contributed by atoms with van der Waals surface area (Å²) in [5, 5.41) is 3.65. The molecule has 0 atom stereocenters. The highest BCUT2D eigenvalue weighted by atomic mass is 35.5. The third kappa shape index (κ3) is 12.4. The number of nitrogens with two attached hydrogens (primary N) is 2. The molecular formula is C20H26ClN5O8S2. The number of amides is 1. The number of aliphatic imine (C=N–C) groups is 1. The van der Waals surface area contributed by atoms with Crippen LogP contribution in [0.4, 0.5) is 5.69 Å². The van der Waals surface area contributed by atoms with Crippen LogP contribution in [0.25, 0.3) is 10.9 Å². The van der Waals surface area contributed by atoms with E-state index < -0.39 is 26.1 Å². The van der Waals surface area contributed by atoms with Crippen molar-refractivity contribution in [3.05, 3.63) is 58.7 Å². The van der Waals surface area contributed by atoms with E-state index in [9.17, 15) is 21.6 Å². The molecule has 1 heterocycles. The molecule has 0 aliphatic carbocycles. The number of H-pyrrole nitrogens is 1. The third-order valence-electron chi connectivity index (χ3n) is 3.77. The largest absolute Gasteiger partial charge is 0.487 e. The van der Waals surface area contributed by atoms with E-state index in [0.717, 1.165) is 5.56 Å². The highest BCUT2D eigenvalue weighted by Crippen LogP contribution is 2.32. The summed E-state index contributed by atoms with van der Waals surface area (Å²) in [6.07, 6.45) is 1.43. The molecule has 16 heteroatoms. The summed E-state index contributed by atoms with van der Waals surface area (Å²) in [4.78, 5) is 18.9. The van der Waals surface area contributed by atoms with E-state index in [0.29, 0.717) is 52.2 Å². The first-order chi connectivity index (χ1) is 16.5. The molecule has 0 saturated carbocycles. The first-order valence-corrected chi connectivity index (χ1v) is 13.7. The zero-order valence-electron chi connectivity index (χ0n) is 19.4. The fourth-order valence-corrected chi connectivity index (χ4v) is 2.70. The van der Waals surface area contributed by atoms with Crippen molar-refractivity contribution in [2.75, 3.05) is 25.3 Å². The lowest BCUT2D eigenvalue weighted by Gasteiger charge is -2.08. The number of nitrogens with zero attached hydrogens (tertiary/aromatic N) is 1. The lowest BCUT2D eigenvalue weighted by molar-refractivity contribution is 0.0972. The number of aromatic nitrogens is 1. The topological polar surface area (TPSA) is 227 Å². The normalized spacial score (nSPS) is 11.6. The summed E-state index contributed by atoms with van der Waals surface area (Å²) in [5.74, 6) is 0.183. The van der Waals surface area contributed by atoms with E-state index in [-0.39, 0.29) is 5.96 Å². The van der Waals surface area contributed by atoms with Gasteiger partial charge in [0.1, 0.15) is 18.1 Å². The number of ether oxygens (including phenoxy) is 1. The maximum Gasteiger partial charge on any atom is 0.274 e. The van der Waals surface area contributed by atoms with Crippen molar-refractivity contribution in [2.45, 2.75) is 6.61 Å². The maximum atomic E-state index is 12.2. The third-order valence-corrected chi connectivity index (χ3v) is 4.10. The number of carbonyl (C=O) groups excluding carboxylic acids is 1. The number of carbonyl (C=O) groups is 1. The van der Waals surface area contributed by atoms with Crippen molar-refractivity contribution in [1.82, 2.24) is 10.3 Å². The quantitative estimate of drug-likeness (QED) is 0.116. The number of nitrogen functional groups attached to an aromatic ring is 1. The number of hydrogen-bond donors (Lipinski definition) is 6. The number of nitrogens with one attached hydrogen (secondary N) is 2. The van der Waals surface area contributed by atoms with Crippen molar-refractivity contribution in [3.63, 3.8) is 0 Å². The van der Waals surface area contributed by atoms with Crippen LogP contribution in [-0.4, -0.2) is 62.4 Å². The molecule has 13 nitrogen and oxygen atoms in total. The van der Waals surface area contributed by atoms with Gasteiger partial charge in [-0.2, -0.15) is 16.8 Å². The molecule has 36 heavy (non-hydrogen) atoms. The standard InChI is InChI=1S/C18H18ClN5O2.2CH4O3S/c1-22-18(21)24-17(25)14-8-12-13(19)5-6-15(16(12)23-14)26-9-10-3-2-4-11(20)7-10;2*1-5(2,3)4/h2-8,23H,9,20H2,1H3,(H3,21,22,24,25);2*1H3,(H,2,3,4). The molecule has 0 saturated heterocycles. The second-order valence-corrected chi connectivity index (χ2v) is 10.4. The van der Waals surface area contributed by atoms with Crippen molar-refractivity contribution in [2.24, 2.45) is 10.7 Å². The van der Waals surface area contributed by atoms with Gasteiger partial charge in [0.05, 0.1) is 23.1 Å². The second-order valence-electron chi connectivity index (χ2n) is 7.08. The Balaban J connectivity index is 0.000000550. The Morgan fingerprint density at radius 3 is 2.22 bits per heavy atom. The highest BCUT2D eigenvalue weighted by Gasteiger charge is 2.15. The van der Waals surface area contributed by atoms with E-state index in [1.54, 1.807) is 18.2 Å². The van der Waals surface area contributed by atoms with E-state index in [1.165, 1.54) is 7.05 Å². The van der Waals surface area contributed by atoms with Crippen LogP contribution in [-0.2, 0) is 26.8 Å². The van der Waals surface area contributed by atoms with Crippen LogP contribution in [0, 0.1) is 0 Å². The molecule has 8 N–H and O–H groups in total. The smallest absolute Gasteiger partial charge is 0.274 e. The van der Waals surface area contributed by atoms with Crippen LogP contribution in [0.2, 0.25) is 5.02 Å². The molecule has 0 unspecified atom stereocenters. The fraction of sp³-hybridized carbons (Fsp3) is 0.200. The Kier molecular flexibility index (Phi) is 11.1. The Hall–Kier alpha value is -3.37. The van der Waals surface area contributed by atoms with Crippen molar-refractivity contribution in [3.8, 4) is 5.75 Å². The van der Waals surface area contributed by atoms with E-state index >= 15 is 0 Å². The lowest BCUT2D eigenvalue weighted by atomic mass is 10.2. The van der Waals surface area contributed by atoms with Gasteiger partial charge in [0.25, 0.3) is 26.1 Å². The van der Waals surface area contributed by atoms with Gasteiger partial charge < -0.3 is 21.2 Å². The van der Waals surface area contributed by atoms with Gasteiger partial charge in [-0.3, -0.25) is 24.2 Å². The zero-order valence-corrected chi connectivity index (χ0v) is 21.8. The zero-order chi connectivity index (χ0) is 27.7. The van der Waals surface area contributed by atoms with Gasteiger partial charge >= 0.3 is 0 Å². The first-order valence-electron chi connectivity index (χ1n) is 9.65. The van der Waals surface area contributed by atoms with E-state index in [2.05, 4.69) is 15.3 Å². The average Bonchev–Trinajstić information content (AvgIpc) is 3.17. The average molecular weight is 564 g/mol. The minimum Gasteiger partial charge on any atom is -0.487 e. The SMILES string of the molecule is CN=C(N)NC(=O)c1cc2c(Cl)ccc(OCc3cccc(N)c3)c2[nH]1.CS(=O)(=O)O.CS(=O)(=O)O. The van der Waals surface area contributed by atoms with Crippen LogP contribution >= 0.6 is 11.6 Å². The van der Waals surface area contributed by atoms with Crippen LogP contribution < -0.4 is 21.5 Å². The lowest BCUT2D eigenvalue weighted by Crippen LogP contribution is -2.36. The molecule has 1 aromatic heterocycles. The number of hydrogen-bond acceptors (Lipinski definition) is 8. The molecule has 0 aliphatic rings. The molecule has 1 amide bonds. The molecule has 2 aromatic carbocycles. The van der Waals surface area contributed by atoms with Gasteiger partial charge in [0.15, 0.2) is 5.96 Å². The Morgan fingerprint density at radius 2 is 1.69 bits per heavy atom. The monoisotopic (exact) mass is 563 g/mol. The molecule has 0 spiro atoms. The minimum atomic E-state index is -3.67. The van der Waals surface area contributed by atoms with E-state index in [4.69, 9.17) is 36.9 Å². The second kappa shape index (κ2) is 13.1. The molecule has 3 rings (SSSR count). The fourth-order valence-electron chi connectivity index (χ4n) is 2.49. The summed E-state index contributed by atoms with van der Waals surface area (Å²) in [6.45, 7) is 0.331. The van der Waals surface area contributed by atoms with Gasteiger partial charge in [0, 0.05) is 18.1 Å². The van der Waals surface area contributed by atoms with Gasteiger partial charge in [-0.25, -0.2) is 0 Å². The number of benzene rings is 2. The molecule has 3 aromatic rings. The first kappa shape index (κ1) is 30.7. The summed E-state index contributed by atoms with van der Waals surface area (Å²) >= 11 is 6.25. The number of fused-ring (bicyclic) bond motifs is 1. The summed E-state index contributed by atoms with van der Waals surface area (Å²) in [5.41, 5.74) is 13.8. The number of halogens is 1. The van der Waals surface area contributed by atoms with Crippen molar-refractivity contribution >= 4 is 60.3 Å². The van der Waals surface area contributed by atoms with Gasteiger partial charge in [-0.1, -0.05) is 23.7 Å². The van der Waals surface area contributed by atoms with Crippen LogP contribution in [0.15, 0.2) is 47.5 Å². The summed E-state index contributed by atoms with van der Waals surface area (Å²) in [6, 6.07) is 12.5. The molecule has 0 aliphatic heterocycles. The number of rotatable bonds is 4. The summed E-state index contributed by atoms with van der Waals surface area (Å²) in [7, 11) is -5.85. The molecular weight excluding hydrogens is 538 g/mol. The molecule has 0 fully saturated rings. The number of aromatic amines is 1.